The molecular weight excluding hydrogens is 716 g/mol. The van der Waals surface area contributed by atoms with Crippen LogP contribution in [0, 0.1) is 0 Å². The van der Waals surface area contributed by atoms with Crippen molar-refractivity contribution in [3.8, 4) is 0 Å². The van der Waals surface area contributed by atoms with Crippen molar-refractivity contribution < 1.29 is 53.8 Å². The van der Waals surface area contributed by atoms with Crippen LogP contribution >= 0.6 is 0 Å². The first-order valence-electron chi connectivity index (χ1n) is 21.3. The van der Waals surface area contributed by atoms with E-state index in [0.29, 0.717) is 12.8 Å². The second-order valence-corrected chi connectivity index (χ2v) is 14.4. The molecule has 0 aromatic carbocycles. The maximum atomic E-state index is 12.7. The minimum absolute atomic E-state index is 0.161. The van der Waals surface area contributed by atoms with E-state index in [0.717, 1.165) is 77.0 Å². The highest BCUT2D eigenvalue weighted by Crippen LogP contribution is 2.23. The zero-order valence-corrected chi connectivity index (χ0v) is 34.4. The Morgan fingerprint density at radius 2 is 1.05 bits per heavy atom. The molecule has 0 amide bonds. The van der Waals surface area contributed by atoms with E-state index in [1.165, 1.54) is 38.5 Å². The van der Waals surface area contributed by atoms with Crippen LogP contribution in [0.15, 0.2) is 60.8 Å². The van der Waals surface area contributed by atoms with Crippen LogP contribution in [0.3, 0.4) is 0 Å². The molecule has 1 rings (SSSR count). The Balaban J connectivity index is 2.44. The number of allylic oxidation sites excluding steroid dienone is 10. The predicted octanol–water partition coefficient (Wildman–Crippen LogP) is 8.75. The SMILES string of the molecule is CC/C=C\C/C=C\C/C=C\C/C=C\CCCCC(=O)OCC(COC1OC(C(=O)O)C(O)C(O)C1O)OC(=O)CCCCCCC/C=C\CCCCCCCC. The van der Waals surface area contributed by atoms with Crippen molar-refractivity contribution in [2.24, 2.45) is 0 Å². The van der Waals surface area contributed by atoms with Crippen molar-refractivity contribution in [1.82, 2.24) is 0 Å². The zero-order chi connectivity index (χ0) is 41.1. The molecule has 0 aliphatic carbocycles. The number of rotatable bonds is 34. The number of unbranched alkanes of at least 4 members (excludes halogenated alkanes) is 13. The van der Waals surface area contributed by atoms with E-state index in [2.05, 4.69) is 74.6 Å². The lowest BCUT2D eigenvalue weighted by atomic mass is 9.99. The summed E-state index contributed by atoms with van der Waals surface area (Å²) in [5, 5.41) is 39.7. The van der Waals surface area contributed by atoms with E-state index in [9.17, 15) is 34.8 Å². The summed E-state index contributed by atoms with van der Waals surface area (Å²) in [5.74, 6) is -2.52. The molecule has 0 radical (unpaired) electrons. The molecule has 0 saturated carbocycles. The Labute approximate surface area is 336 Å². The molecule has 56 heavy (non-hydrogen) atoms. The summed E-state index contributed by atoms with van der Waals surface area (Å²) in [7, 11) is 0. The molecule has 6 atom stereocenters. The third kappa shape index (κ3) is 26.7. The Bertz CT molecular complexity index is 1160. The number of ether oxygens (including phenoxy) is 4. The molecule has 11 heteroatoms. The summed E-state index contributed by atoms with van der Waals surface area (Å²) in [4.78, 5) is 36.7. The average molecular weight is 791 g/mol. The van der Waals surface area contributed by atoms with Gasteiger partial charge in [-0.25, -0.2) is 4.79 Å². The predicted molar refractivity (Wildman–Crippen MR) is 220 cm³/mol. The van der Waals surface area contributed by atoms with Crippen molar-refractivity contribution in [2.45, 2.75) is 192 Å². The largest absolute Gasteiger partial charge is 0.479 e. The minimum atomic E-state index is -1.87. The highest BCUT2D eigenvalue weighted by molar-refractivity contribution is 5.73. The summed E-state index contributed by atoms with van der Waals surface area (Å²) in [5.41, 5.74) is 0. The van der Waals surface area contributed by atoms with Crippen LogP contribution in [0.25, 0.3) is 0 Å². The van der Waals surface area contributed by atoms with Gasteiger partial charge in [0.1, 0.15) is 24.9 Å². The molecule has 0 aromatic heterocycles. The van der Waals surface area contributed by atoms with E-state index in [4.69, 9.17) is 18.9 Å². The molecular formula is C45H74O11. The first kappa shape index (κ1) is 50.9. The minimum Gasteiger partial charge on any atom is -0.479 e. The number of carbonyl (C=O) groups excluding carboxylic acids is 2. The monoisotopic (exact) mass is 791 g/mol. The fourth-order valence-electron chi connectivity index (χ4n) is 5.98. The normalized spacial score (nSPS) is 20.9. The Hall–Kier alpha value is -3.09. The topological polar surface area (TPSA) is 169 Å². The van der Waals surface area contributed by atoms with Gasteiger partial charge in [-0.15, -0.1) is 0 Å². The van der Waals surface area contributed by atoms with Crippen molar-refractivity contribution in [3.05, 3.63) is 60.8 Å². The van der Waals surface area contributed by atoms with E-state index in [1.807, 2.05) is 0 Å². The molecule has 1 saturated heterocycles. The number of carbonyl (C=O) groups is 3. The number of hydrogen-bond acceptors (Lipinski definition) is 10. The van der Waals surface area contributed by atoms with Crippen molar-refractivity contribution in [1.29, 1.82) is 0 Å². The third-order valence-electron chi connectivity index (χ3n) is 9.35. The van der Waals surface area contributed by atoms with Gasteiger partial charge in [-0.2, -0.15) is 0 Å². The highest BCUT2D eigenvalue weighted by Gasteiger charge is 2.47. The molecule has 4 N–H and O–H groups in total. The summed E-state index contributed by atoms with van der Waals surface area (Å²) in [6, 6.07) is 0. The molecule has 1 aliphatic rings. The molecule has 0 aromatic rings. The third-order valence-corrected chi connectivity index (χ3v) is 9.35. The van der Waals surface area contributed by atoms with Crippen LogP contribution in [0.2, 0.25) is 0 Å². The van der Waals surface area contributed by atoms with Gasteiger partial charge in [0.2, 0.25) is 0 Å². The van der Waals surface area contributed by atoms with Gasteiger partial charge in [-0.1, -0.05) is 126 Å². The van der Waals surface area contributed by atoms with Gasteiger partial charge in [0, 0.05) is 12.8 Å². The number of aliphatic carboxylic acids is 1. The number of carboxylic acids is 1. The molecule has 6 unspecified atom stereocenters. The zero-order valence-electron chi connectivity index (χ0n) is 34.4. The van der Waals surface area contributed by atoms with E-state index in [1.54, 1.807) is 0 Å². The van der Waals surface area contributed by atoms with Crippen molar-refractivity contribution >= 4 is 17.9 Å². The Morgan fingerprint density at radius 1 is 0.571 bits per heavy atom. The maximum Gasteiger partial charge on any atom is 0.335 e. The first-order valence-corrected chi connectivity index (χ1v) is 21.3. The van der Waals surface area contributed by atoms with Gasteiger partial charge < -0.3 is 39.4 Å². The van der Waals surface area contributed by atoms with Gasteiger partial charge >= 0.3 is 17.9 Å². The van der Waals surface area contributed by atoms with E-state index in [-0.39, 0.29) is 19.4 Å². The summed E-state index contributed by atoms with van der Waals surface area (Å²) in [6.45, 7) is 3.63. The molecule has 0 spiro atoms. The second-order valence-electron chi connectivity index (χ2n) is 14.4. The van der Waals surface area contributed by atoms with Crippen LogP contribution < -0.4 is 0 Å². The van der Waals surface area contributed by atoms with Gasteiger partial charge in [0.25, 0.3) is 0 Å². The molecule has 1 fully saturated rings. The highest BCUT2D eigenvalue weighted by atomic mass is 16.7. The number of aliphatic hydroxyl groups excluding tert-OH is 3. The van der Waals surface area contributed by atoms with Gasteiger partial charge in [0.05, 0.1) is 6.61 Å². The van der Waals surface area contributed by atoms with Crippen molar-refractivity contribution in [3.63, 3.8) is 0 Å². The fourth-order valence-corrected chi connectivity index (χ4v) is 5.98. The Morgan fingerprint density at radius 3 is 1.64 bits per heavy atom. The molecule has 11 nitrogen and oxygen atoms in total. The summed E-state index contributed by atoms with van der Waals surface area (Å²) in [6.07, 6.45) is 32.8. The lowest BCUT2D eigenvalue weighted by Crippen LogP contribution is -2.60. The fraction of sp³-hybridized carbons (Fsp3) is 0.711. The van der Waals surface area contributed by atoms with Gasteiger partial charge in [-0.05, 0) is 77.0 Å². The summed E-state index contributed by atoms with van der Waals surface area (Å²) < 4.78 is 21.6. The van der Waals surface area contributed by atoms with Crippen LogP contribution in [0.5, 0.6) is 0 Å². The quantitative estimate of drug-likeness (QED) is 0.0279. The van der Waals surface area contributed by atoms with Crippen molar-refractivity contribution in [2.75, 3.05) is 13.2 Å². The van der Waals surface area contributed by atoms with Crippen LogP contribution in [-0.2, 0) is 33.3 Å². The van der Waals surface area contributed by atoms with Crippen LogP contribution in [0.4, 0.5) is 0 Å². The molecule has 1 heterocycles. The number of hydrogen-bond donors (Lipinski definition) is 4. The first-order chi connectivity index (χ1) is 27.2. The smallest absolute Gasteiger partial charge is 0.335 e. The lowest BCUT2D eigenvalue weighted by molar-refractivity contribution is -0.298. The molecule has 0 bridgehead atoms. The van der Waals surface area contributed by atoms with Crippen LogP contribution in [-0.4, -0.2) is 88.4 Å². The number of aliphatic hydroxyl groups is 3. The van der Waals surface area contributed by atoms with E-state index >= 15 is 0 Å². The van der Waals surface area contributed by atoms with Gasteiger partial charge in [-0.3, -0.25) is 9.59 Å². The molecule has 320 valence electrons. The lowest BCUT2D eigenvalue weighted by Gasteiger charge is -2.38. The molecule has 1 aliphatic heterocycles. The van der Waals surface area contributed by atoms with E-state index < -0.39 is 61.3 Å². The number of esters is 2. The maximum absolute atomic E-state index is 12.7. The van der Waals surface area contributed by atoms with Crippen LogP contribution in [0.1, 0.15) is 155 Å². The van der Waals surface area contributed by atoms with Gasteiger partial charge in [0.15, 0.2) is 18.5 Å². The Kier molecular flexibility index (Phi) is 31.9. The summed E-state index contributed by atoms with van der Waals surface area (Å²) >= 11 is 0. The number of carboxylic acid groups (broad SMARTS) is 1. The second kappa shape index (κ2) is 35.1. The standard InChI is InChI=1S/C45H74O11/c1-3-5-7-9-11-13-15-17-19-21-23-25-27-29-31-33-38(46)53-35-37(36-54-45-42(50)40(48)41(49)43(56-45)44(51)52)55-39(47)34-32-30-28-26-24-22-20-18-16-14-12-10-8-6-4-2/h5,7,11,13,17-20,23,25,37,40-43,45,48-50H,3-4,6,8-10,12,14-16,21-22,24,26-36H2,1-2H3,(H,51,52)/b7-5-,13-11-,19-17-,20-18-,25-23-. The average Bonchev–Trinajstić information content (AvgIpc) is 3.18.